The number of rotatable bonds is 8. The van der Waals surface area contributed by atoms with Crippen molar-refractivity contribution in [2.24, 2.45) is 0 Å². The number of benzene rings is 7. The smallest absolute Gasteiger partial charge is 0.160 e. The minimum absolute atomic E-state index is 0.668. The first-order chi connectivity index (χ1) is 33.7. The molecule has 6 aromatic heterocycles. The van der Waals surface area contributed by atoms with E-state index in [1.165, 1.54) is 10.8 Å². The largest absolute Gasteiger partial charge is 0.455 e. The molecule has 7 aromatic carbocycles. The van der Waals surface area contributed by atoms with Gasteiger partial charge in [-0.05, 0) is 71.8 Å². The van der Waals surface area contributed by atoms with Crippen LogP contribution in [-0.4, -0.2) is 29.5 Å². The summed E-state index contributed by atoms with van der Waals surface area (Å²) in [5, 5.41) is 4.31. The highest BCUT2D eigenvalue weighted by Crippen LogP contribution is 2.47. The third kappa shape index (κ3) is 6.72. The molecule has 7 heteroatoms. The number of furan rings is 1. The van der Waals surface area contributed by atoms with Gasteiger partial charge >= 0.3 is 0 Å². The predicted octanol–water partition coefficient (Wildman–Crippen LogP) is 15.3. The fourth-order valence-corrected chi connectivity index (χ4v) is 9.61. The van der Waals surface area contributed by atoms with Crippen LogP contribution in [0.4, 0.5) is 0 Å². The Labute approximate surface area is 391 Å². The number of hydrogen-bond donors (Lipinski definition) is 0. The number of nitrogens with zero attached hydrogens (tertiary/aromatic N) is 6. The van der Waals surface area contributed by atoms with Gasteiger partial charge in [-0.15, -0.1) is 0 Å². The van der Waals surface area contributed by atoms with E-state index in [9.17, 15) is 0 Å². The van der Waals surface area contributed by atoms with E-state index < -0.39 is 0 Å². The lowest BCUT2D eigenvalue weighted by Crippen LogP contribution is -1.98. The van der Waals surface area contributed by atoms with E-state index in [0.717, 1.165) is 112 Å². The van der Waals surface area contributed by atoms with Crippen LogP contribution in [0.5, 0.6) is 0 Å². The lowest BCUT2D eigenvalue weighted by Gasteiger charge is -2.13. The second kappa shape index (κ2) is 16.3. The maximum atomic E-state index is 6.95. The highest BCUT2D eigenvalue weighted by Gasteiger charge is 2.25. The van der Waals surface area contributed by atoms with Crippen LogP contribution in [0.3, 0.4) is 0 Å². The molecule has 0 spiro atoms. The second-order valence-electron chi connectivity index (χ2n) is 16.9. The van der Waals surface area contributed by atoms with Crippen molar-refractivity contribution in [2.45, 2.75) is 0 Å². The van der Waals surface area contributed by atoms with Crippen LogP contribution >= 0.6 is 0 Å². The number of hydrogen-bond acceptors (Lipinski definition) is 6. The summed E-state index contributed by atoms with van der Waals surface area (Å²) in [6.45, 7) is 0. The zero-order valence-corrected chi connectivity index (χ0v) is 36.5. The third-order valence-electron chi connectivity index (χ3n) is 12.8. The summed E-state index contributed by atoms with van der Waals surface area (Å²) in [6.07, 6.45) is 7.28. The highest BCUT2D eigenvalue weighted by atomic mass is 16.3. The maximum Gasteiger partial charge on any atom is 0.160 e. The molecule has 0 aliphatic rings. The monoisotopic (exact) mass is 870 g/mol. The predicted molar refractivity (Wildman–Crippen MR) is 275 cm³/mol. The highest BCUT2D eigenvalue weighted by molar-refractivity contribution is 6.17. The Morgan fingerprint density at radius 2 is 0.971 bits per heavy atom. The van der Waals surface area contributed by atoms with Crippen LogP contribution in [0, 0.1) is 0 Å². The van der Waals surface area contributed by atoms with E-state index in [-0.39, 0.29) is 0 Å². The SMILES string of the molecule is c1ccc(-c2nc(-c3ccc(-c4ccc5c(c4)nc(-c4ccccc4)c4c(-c6cccnc6)c(-c6cccnc6)oc45)cc3)cc(-c3cccc(-n4c5ccccc5c5ccccc54)c3)n2)cc1. The lowest BCUT2D eigenvalue weighted by molar-refractivity contribution is 0.635. The van der Waals surface area contributed by atoms with Crippen molar-refractivity contribution < 1.29 is 4.42 Å². The minimum atomic E-state index is 0.668. The van der Waals surface area contributed by atoms with Gasteiger partial charge in [-0.1, -0.05) is 146 Å². The number of fused-ring (bicyclic) bond motifs is 6. The first-order valence-electron chi connectivity index (χ1n) is 22.6. The Morgan fingerprint density at radius 1 is 0.382 bits per heavy atom. The summed E-state index contributed by atoms with van der Waals surface area (Å²) in [5.74, 6) is 1.40. The van der Waals surface area contributed by atoms with Gasteiger partial charge in [0.05, 0.1) is 39.0 Å². The summed E-state index contributed by atoms with van der Waals surface area (Å²) < 4.78 is 9.29. The fourth-order valence-electron chi connectivity index (χ4n) is 9.61. The van der Waals surface area contributed by atoms with Gasteiger partial charge < -0.3 is 8.98 Å². The Kier molecular flexibility index (Phi) is 9.35. The molecule has 0 atom stereocenters. The van der Waals surface area contributed by atoms with Crippen molar-refractivity contribution in [3.8, 4) is 84.4 Å². The quantitative estimate of drug-likeness (QED) is 0.151. The minimum Gasteiger partial charge on any atom is -0.455 e. The van der Waals surface area contributed by atoms with Crippen LogP contribution in [0.1, 0.15) is 0 Å². The Balaban J connectivity index is 0.918. The summed E-state index contributed by atoms with van der Waals surface area (Å²) in [4.78, 5) is 24.7. The van der Waals surface area contributed by atoms with E-state index in [1.807, 2.05) is 67.0 Å². The van der Waals surface area contributed by atoms with Gasteiger partial charge in [-0.2, -0.15) is 0 Å². The normalized spacial score (nSPS) is 11.5. The van der Waals surface area contributed by atoms with Gasteiger partial charge in [0.15, 0.2) is 5.82 Å². The van der Waals surface area contributed by atoms with Gasteiger partial charge in [0.2, 0.25) is 0 Å². The van der Waals surface area contributed by atoms with Gasteiger partial charge in [-0.3, -0.25) is 9.97 Å². The molecule has 0 unspecified atom stereocenters. The molecule has 0 aliphatic heterocycles. The summed E-state index contributed by atoms with van der Waals surface area (Å²) >= 11 is 0. The van der Waals surface area contributed by atoms with Gasteiger partial charge in [0.25, 0.3) is 0 Å². The second-order valence-corrected chi connectivity index (χ2v) is 16.9. The Morgan fingerprint density at radius 3 is 1.66 bits per heavy atom. The molecular weight excluding hydrogens is 833 g/mol. The molecule has 0 N–H and O–H groups in total. The van der Waals surface area contributed by atoms with Crippen molar-refractivity contribution in [2.75, 3.05) is 0 Å². The standard InChI is InChI=1S/C61H38N6O/c1-3-14-41(15-4-1)58-57-56(45-19-12-32-62-37-45)59(46-20-13-33-63-38-46)68-60(57)50-31-30-43(35-53(50)64-58)39-26-28-40(29-27-39)51-36-52(66-61(65-51)42-16-5-2-6-17-42)44-18-11-21-47(34-44)67-54-24-9-7-22-48(54)49-23-8-10-25-55(49)67/h1-38H. The molecule has 318 valence electrons. The van der Waals surface area contributed by atoms with Crippen LogP contribution in [0.25, 0.3) is 128 Å². The van der Waals surface area contributed by atoms with E-state index in [4.69, 9.17) is 19.4 Å². The van der Waals surface area contributed by atoms with Crippen molar-refractivity contribution >= 4 is 43.7 Å². The van der Waals surface area contributed by atoms with Gasteiger partial charge in [0.1, 0.15) is 11.3 Å². The van der Waals surface area contributed by atoms with Crippen molar-refractivity contribution in [3.63, 3.8) is 0 Å². The first kappa shape index (κ1) is 39.1. The summed E-state index contributed by atoms with van der Waals surface area (Å²) in [7, 11) is 0. The van der Waals surface area contributed by atoms with Gasteiger partial charge in [0, 0.05) is 85.6 Å². The average molecular weight is 871 g/mol. The first-order valence-corrected chi connectivity index (χ1v) is 22.6. The third-order valence-corrected chi connectivity index (χ3v) is 12.8. The Bertz CT molecular complexity index is 3950. The summed E-state index contributed by atoms with van der Waals surface area (Å²) in [6, 6.07) is 71.5. The van der Waals surface area contributed by atoms with E-state index in [1.54, 1.807) is 12.4 Å². The molecule has 13 rings (SSSR count). The number of para-hydroxylation sites is 2. The number of pyridine rings is 3. The van der Waals surface area contributed by atoms with E-state index in [0.29, 0.717) is 5.82 Å². The van der Waals surface area contributed by atoms with Crippen LogP contribution in [0.2, 0.25) is 0 Å². The number of aromatic nitrogens is 6. The van der Waals surface area contributed by atoms with E-state index in [2.05, 4.69) is 166 Å². The molecule has 6 heterocycles. The van der Waals surface area contributed by atoms with Crippen LogP contribution in [-0.2, 0) is 0 Å². The summed E-state index contributed by atoms with van der Waals surface area (Å²) in [5.41, 5.74) is 16.3. The molecule has 0 radical (unpaired) electrons. The molecule has 7 nitrogen and oxygen atoms in total. The molecule has 0 bridgehead atoms. The molecular formula is C61H38N6O. The zero-order chi connectivity index (χ0) is 45.0. The van der Waals surface area contributed by atoms with Crippen molar-refractivity contribution in [1.29, 1.82) is 0 Å². The molecule has 0 saturated heterocycles. The molecule has 0 saturated carbocycles. The lowest BCUT2D eigenvalue weighted by atomic mass is 9.95. The van der Waals surface area contributed by atoms with Crippen molar-refractivity contribution in [3.05, 3.63) is 231 Å². The molecule has 13 aromatic rings. The molecule has 0 amide bonds. The van der Waals surface area contributed by atoms with Crippen molar-refractivity contribution in [1.82, 2.24) is 29.5 Å². The molecule has 0 aliphatic carbocycles. The molecule has 68 heavy (non-hydrogen) atoms. The topological polar surface area (TPSA) is 82.5 Å². The maximum absolute atomic E-state index is 6.95. The zero-order valence-electron chi connectivity index (χ0n) is 36.5. The Hall–Kier alpha value is -9.33. The fraction of sp³-hybridized carbons (Fsp3) is 0. The van der Waals surface area contributed by atoms with Crippen LogP contribution in [0.15, 0.2) is 235 Å². The molecule has 0 fully saturated rings. The van der Waals surface area contributed by atoms with Crippen LogP contribution < -0.4 is 0 Å². The van der Waals surface area contributed by atoms with E-state index >= 15 is 0 Å². The average Bonchev–Trinajstić information content (AvgIpc) is 3.99. The van der Waals surface area contributed by atoms with Gasteiger partial charge in [-0.25, -0.2) is 15.0 Å².